The molecule has 1 aliphatic rings. The molecular weight excluding hydrogens is 505 g/mol. The van der Waals surface area contributed by atoms with Crippen LogP contribution in [0.15, 0.2) is 66.0 Å². The fourth-order valence-corrected chi connectivity index (χ4v) is 6.14. The predicted octanol–water partition coefficient (Wildman–Crippen LogP) is 4.99. The SMILES string of the molecule is CC(C)(C)CC(=O)N(Cc1cnc(S(=O)(=O)Cc2ccccc2F)n1Cc1ccccc1)CC1CCCO1. The molecule has 1 aromatic heterocycles. The fourth-order valence-electron chi connectivity index (χ4n) is 4.64. The Morgan fingerprint density at radius 2 is 1.84 bits per heavy atom. The Balaban J connectivity index is 1.69. The van der Waals surface area contributed by atoms with Crippen LogP contribution in [0.2, 0.25) is 0 Å². The molecule has 0 radical (unpaired) electrons. The largest absolute Gasteiger partial charge is 0.376 e. The predicted molar refractivity (Wildman–Crippen MR) is 144 cm³/mol. The fraction of sp³-hybridized carbons (Fsp3) is 0.448. The van der Waals surface area contributed by atoms with E-state index in [-0.39, 0.29) is 41.2 Å². The van der Waals surface area contributed by atoms with Crippen LogP contribution in [0, 0.1) is 11.2 Å². The molecular formula is C29H36FN3O4S. The average Bonchev–Trinajstić information content (AvgIpc) is 3.50. The first-order chi connectivity index (χ1) is 18.0. The zero-order valence-corrected chi connectivity index (χ0v) is 23.1. The zero-order chi connectivity index (χ0) is 27.3. The van der Waals surface area contributed by atoms with E-state index in [1.165, 1.54) is 24.4 Å². The highest BCUT2D eigenvalue weighted by atomic mass is 32.2. The van der Waals surface area contributed by atoms with E-state index in [1.54, 1.807) is 15.5 Å². The standard InChI is InChI=1S/C29H36FN3O4S/c1-29(2,3)16-27(34)32(20-25-13-9-15-37-25)19-24-17-31-28(33(24)18-22-10-5-4-6-11-22)38(35,36)21-23-12-7-8-14-26(23)30/h4-8,10-12,14,17,25H,9,13,15-16,18-21H2,1-3H3. The highest BCUT2D eigenvalue weighted by Crippen LogP contribution is 2.25. The first kappa shape index (κ1) is 28.0. The number of carbonyl (C=O) groups excluding carboxylic acids is 1. The molecule has 1 atom stereocenters. The maximum atomic E-state index is 14.3. The summed E-state index contributed by atoms with van der Waals surface area (Å²) in [4.78, 5) is 19.5. The molecule has 1 saturated heterocycles. The Kier molecular flexibility index (Phi) is 8.67. The number of rotatable bonds is 10. The van der Waals surface area contributed by atoms with Crippen LogP contribution in [0.5, 0.6) is 0 Å². The number of imidazole rings is 1. The van der Waals surface area contributed by atoms with Gasteiger partial charge >= 0.3 is 0 Å². The summed E-state index contributed by atoms with van der Waals surface area (Å²) in [6.07, 6.45) is 3.66. The molecule has 1 amide bonds. The van der Waals surface area contributed by atoms with Gasteiger partial charge in [0.15, 0.2) is 0 Å². The third-order valence-corrected chi connectivity index (χ3v) is 8.07. The van der Waals surface area contributed by atoms with Crippen LogP contribution in [-0.4, -0.2) is 48.0 Å². The molecule has 0 aliphatic carbocycles. The van der Waals surface area contributed by atoms with Crippen molar-refractivity contribution in [3.05, 3.63) is 83.4 Å². The smallest absolute Gasteiger partial charge is 0.228 e. The summed E-state index contributed by atoms with van der Waals surface area (Å²) in [7, 11) is -3.99. The third kappa shape index (κ3) is 7.29. The Morgan fingerprint density at radius 1 is 1.13 bits per heavy atom. The van der Waals surface area contributed by atoms with Gasteiger partial charge in [0.25, 0.3) is 0 Å². The lowest BCUT2D eigenvalue weighted by Gasteiger charge is -2.29. The Morgan fingerprint density at radius 3 is 2.50 bits per heavy atom. The average molecular weight is 542 g/mol. The second-order valence-corrected chi connectivity index (χ2v) is 13.0. The van der Waals surface area contributed by atoms with E-state index >= 15 is 0 Å². The maximum Gasteiger partial charge on any atom is 0.228 e. The van der Waals surface area contributed by atoms with Gasteiger partial charge in [0, 0.05) is 25.1 Å². The van der Waals surface area contributed by atoms with Gasteiger partial charge in [-0.05, 0) is 29.9 Å². The summed E-state index contributed by atoms with van der Waals surface area (Å²) >= 11 is 0. The summed E-state index contributed by atoms with van der Waals surface area (Å²) in [6.45, 7) is 7.61. The van der Waals surface area contributed by atoms with E-state index in [0.717, 1.165) is 18.4 Å². The van der Waals surface area contributed by atoms with Crippen molar-refractivity contribution < 1.29 is 22.3 Å². The number of halogens is 1. The van der Waals surface area contributed by atoms with Gasteiger partial charge in [-0.15, -0.1) is 0 Å². The summed E-state index contributed by atoms with van der Waals surface area (Å²) in [5, 5.41) is -0.139. The number of nitrogens with zero attached hydrogens (tertiary/aromatic N) is 3. The van der Waals surface area contributed by atoms with Gasteiger partial charge in [-0.1, -0.05) is 69.3 Å². The lowest BCUT2D eigenvalue weighted by atomic mass is 9.91. The van der Waals surface area contributed by atoms with Crippen LogP contribution in [-0.2, 0) is 38.2 Å². The maximum absolute atomic E-state index is 14.3. The van der Waals surface area contributed by atoms with Gasteiger partial charge in [-0.3, -0.25) is 4.79 Å². The molecule has 1 unspecified atom stereocenters. The van der Waals surface area contributed by atoms with Crippen LogP contribution in [0.4, 0.5) is 4.39 Å². The Labute approximate surface area is 224 Å². The molecule has 0 bridgehead atoms. The van der Waals surface area contributed by atoms with E-state index in [1.807, 2.05) is 51.1 Å². The van der Waals surface area contributed by atoms with Crippen molar-refractivity contribution in [3.63, 3.8) is 0 Å². The van der Waals surface area contributed by atoms with Crippen molar-refractivity contribution in [2.75, 3.05) is 13.2 Å². The quantitative estimate of drug-likeness (QED) is 0.361. The molecule has 2 aromatic carbocycles. The van der Waals surface area contributed by atoms with E-state index in [9.17, 15) is 17.6 Å². The summed E-state index contributed by atoms with van der Waals surface area (Å²) in [5.74, 6) is -1.10. The van der Waals surface area contributed by atoms with E-state index in [4.69, 9.17) is 4.74 Å². The minimum absolute atomic E-state index is 0.0174. The number of hydrogen-bond donors (Lipinski definition) is 0. The third-order valence-electron chi connectivity index (χ3n) is 6.50. The first-order valence-corrected chi connectivity index (χ1v) is 14.6. The molecule has 4 rings (SSSR count). The molecule has 2 heterocycles. The molecule has 0 saturated carbocycles. The van der Waals surface area contributed by atoms with Gasteiger partial charge in [0.05, 0.1) is 36.8 Å². The highest BCUT2D eigenvalue weighted by molar-refractivity contribution is 7.90. The van der Waals surface area contributed by atoms with Crippen LogP contribution in [0.1, 0.15) is 56.9 Å². The molecule has 0 N–H and O–H groups in total. The Hall–Kier alpha value is -3.04. The molecule has 204 valence electrons. The molecule has 9 heteroatoms. The second-order valence-electron chi connectivity index (χ2n) is 11.1. The number of hydrogen-bond acceptors (Lipinski definition) is 5. The number of aromatic nitrogens is 2. The van der Waals surface area contributed by atoms with E-state index in [0.29, 0.717) is 25.3 Å². The monoisotopic (exact) mass is 541 g/mol. The normalized spacial score (nSPS) is 16.1. The number of carbonyl (C=O) groups is 1. The van der Waals surface area contributed by atoms with Crippen molar-refractivity contribution in [1.29, 1.82) is 0 Å². The molecule has 7 nitrogen and oxygen atoms in total. The van der Waals surface area contributed by atoms with Crippen molar-refractivity contribution in [2.24, 2.45) is 5.41 Å². The van der Waals surface area contributed by atoms with Crippen molar-refractivity contribution in [3.8, 4) is 0 Å². The Bertz CT molecular complexity index is 1340. The number of benzene rings is 2. The van der Waals surface area contributed by atoms with Crippen molar-refractivity contribution >= 4 is 15.7 Å². The van der Waals surface area contributed by atoms with Gasteiger partial charge in [-0.2, -0.15) is 0 Å². The number of sulfone groups is 1. The van der Waals surface area contributed by atoms with Crippen LogP contribution < -0.4 is 0 Å². The zero-order valence-electron chi connectivity index (χ0n) is 22.3. The van der Waals surface area contributed by atoms with E-state index in [2.05, 4.69) is 4.98 Å². The lowest BCUT2D eigenvalue weighted by Crippen LogP contribution is -2.39. The van der Waals surface area contributed by atoms with E-state index < -0.39 is 21.4 Å². The van der Waals surface area contributed by atoms with Gasteiger partial charge in [0.1, 0.15) is 5.82 Å². The molecule has 1 aliphatic heterocycles. The molecule has 0 spiro atoms. The van der Waals surface area contributed by atoms with Crippen LogP contribution in [0.25, 0.3) is 0 Å². The molecule has 3 aromatic rings. The number of amides is 1. The van der Waals surface area contributed by atoms with Gasteiger partial charge in [0.2, 0.25) is 20.9 Å². The number of ether oxygens (including phenoxy) is 1. The van der Waals surface area contributed by atoms with Crippen LogP contribution in [0.3, 0.4) is 0 Å². The summed E-state index contributed by atoms with van der Waals surface area (Å²) in [5.41, 5.74) is 1.37. The van der Waals surface area contributed by atoms with Gasteiger partial charge < -0.3 is 14.2 Å². The van der Waals surface area contributed by atoms with Gasteiger partial charge in [-0.25, -0.2) is 17.8 Å². The highest BCUT2D eigenvalue weighted by Gasteiger charge is 2.29. The van der Waals surface area contributed by atoms with Crippen LogP contribution >= 0.6 is 0 Å². The minimum Gasteiger partial charge on any atom is -0.376 e. The van der Waals surface area contributed by atoms with Crippen molar-refractivity contribution in [2.45, 2.75) is 70.1 Å². The first-order valence-electron chi connectivity index (χ1n) is 13.0. The van der Waals surface area contributed by atoms with Crippen molar-refractivity contribution in [1.82, 2.24) is 14.5 Å². The molecule has 38 heavy (non-hydrogen) atoms. The topological polar surface area (TPSA) is 81.5 Å². The summed E-state index contributed by atoms with van der Waals surface area (Å²) in [6, 6.07) is 15.3. The summed E-state index contributed by atoms with van der Waals surface area (Å²) < 4.78 is 48.8. The molecule has 1 fully saturated rings. The lowest BCUT2D eigenvalue weighted by molar-refractivity contribution is -0.135. The minimum atomic E-state index is -3.99. The second kappa shape index (κ2) is 11.8.